The molecule has 16 heavy (non-hydrogen) atoms. The number of carboxylic acid groups (broad SMARTS) is 1. The first-order chi connectivity index (χ1) is 7.34. The maximum absolute atomic E-state index is 11.0. The maximum Gasteiger partial charge on any atom is 0.431 e. The van der Waals surface area contributed by atoms with Crippen LogP contribution in [0.3, 0.4) is 0 Å². The number of rotatable bonds is 6. The number of amides is 1. The van der Waals surface area contributed by atoms with E-state index < -0.39 is 12.1 Å². The number of carbonyl (C=O) groups excluding carboxylic acids is 1. The molecule has 0 aromatic heterocycles. The Balaban J connectivity index is 3.99. The molecular weight excluding hydrogens is 214 g/mol. The Kier molecular flexibility index (Phi) is 6.17. The molecular formula is C10H17NO5. The van der Waals surface area contributed by atoms with Gasteiger partial charge in [0, 0.05) is 5.57 Å². The first-order valence-electron chi connectivity index (χ1n) is 4.84. The molecule has 1 N–H and O–H groups in total. The molecule has 92 valence electrons. The van der Waals surface area contributed by atoms with Gasteiger partial charge >= 0.3 is 12.1 Å². The standard InChI is InChI=1S/C10H17NO5/c1-7(2)9(12)15-6-5-11(10(13)14)16-8(3)4/h8H,1,5-6H2,2-4H3,(H,13,14). The van der Waals surface area contributed by atoms with Crippen molar-refractivity contribution in [3.05, 3.63) is 12.2 Å². The average molecular weight is 231 g/mol. The molecule has 0 fully saturated rings. The van der Waals surface area contributed by atoms with Gasteiger partial charge in [-0.2, -0.15) is 5.06 Å². The zero-order valence-corrected chi connectivity index (χ0v) is 9.73. The Labute approximate surface area is 94.4 Å². The summed E-state index contributed by atoms with van der Waals surface area (Å²) in [6.45, 7) is 8.22. The van der Waals surface area contributed by atoms with E-state index in [0.29, 0.717) is 0 Å². The molecule has 0 unspecified atom stereocenters. The van der Waals surface area contributed by atoms with Gasteiger partial charge in [0.25, 0.3) is 0 Å². The van der Waals surface area contributed by atoms with E-state index in [1.807, 2.05) is 0 Å². The largest absolute Gasteiger partial charge is 0.463 e. The summed E-state index contributed by atoms with van der Waals surface area (Å²) in [7, 11) is 0. The minimum absolute atomic E-state index is 0.0352. The SMILES string of the molecule is C=C(C)C(=O)OCCN(OC(C)C)C(=O)O. The van der Waals surface area contributed by atoms with Gasteiger partial charge < -0.3 is 9.84 Å². The molecule has 0 saturated heterocycles. The van der Waals surface area contributed by atoms with Crippen LogP contribution in [0, 0.1) is 0 Å². The molecule has 0 heterocycles. The molecule has 0 saturated carbocycles. The lowest BCUT2D eigenvalue weighted by Gasteiger charge is -2.20. The van der Waals surface area contributed by atoms with Crippen molar-refractivity contribution in [3.8, 4) is 0 Å². The molecule has 6 heteroatoms. The lowest BCUT2D eigenvalue weighted by molar-refractivity contribution is -0.169. The van der Waals surface area contributed by atoms with Gasteiger partial charge in [-0.25, -0.2) is 9.59 Å². The number of hydroxylamine groups is 2. The third kappa shape index (κ3) is 6.02. The van der Waals surface area contributed by atoms with E-state index >= 15 is 0 Å². The molecule has 0 spiro atoms. The summed E-state index contributed by atoms with van der Waals surface area (Å²) in [6, 6.07) is 0. The van der Waals surface area contributed by atoms with E-state index in [4.69, 9.17) is 14.7 Å². The Bertz CT molecular complexity index is 274. The van der Waals surface area contributed by atoms with Crippen molar-refractivity contribution < 1.29 is 24.3 Å². The van der Waals surface area contributed by atoms with E-state index in [9.17, 15) is 9.59 Å². The number of hydrogen-bond acceptors (Lipinski definition) is 4. The van der Waals surface area contributed by atoms with Crippen molar-refractivity contribution in [1.82, 2.24) is 5.06 Å². The lowest BCUT2D eigenvalue weighted by atomic mass is 10.4. The number of carbonyl (C=O) groups is 2. The molecule has 0 aromatic carbocycles. The summed E-state index contributed by atoms with van der Waals surface area (Å²) in [5.41, 5.74) is 0.270. The van der Waals surface area contributed by atoms with E-state index in [1.165, 1.54) is 6.92 Å². The predicted octanol–water partition coefficient (Wildman–Crippen LogP) is 1.43. The van der Waals surface area contributed by atoms with E-state index in [-0.39, 0.29) is 24.8 Å². The highest BCUT2D eigenvalue weighted by Crippen LogP contribution is 1.99. The minimum Gasteiger partial charge on any atom is -0.463 e. The summed E-state index contributed by atoms with van der Waals surface area (Å²) in [5, 5.41) is 9.47. The second-order valence-corrected chi connectivity index (χ2v) is 3.46. The molecule has 6 nitrogen and oxygen atoms in total. The van der Waals surface area contributed by atoms with E-state index in [1.54, 1.807) is 13.8 Å². The Morgan fingerprint density at radius 3 is 2.38 bits per heavy atom. The average Bonchev–Trinajstić information content (AvgIpc) is 2.14. The number of hydrogen-bond donors (Lipinski definition) is 1. The van der Waals surface area contributed by atoms with Gasteiger partial charge in [0.15, 0.2) is 0 Å². The van der Waals surface area contributed by atoms with Gasteiger partial charge in [-0.15, -0.1) is 0 Å². The summed E-state index contributed by atoms with van der Waals surface area (Å²) in [4.78, 5) is 26.6. The van der Waals surface area contributed by atoms with Gasteiger partial charge in [0.2, 0.25) is 0 Å². The first kappa shape index (κ1) is 14.4. The first-order valence-corrected chi connectivity index (χ1v) is 4.84. The lowest BCUT2D eigenvalue weighted by Crippen LogP contribution is -2.35. The maximum atomic E-state index is 11.0. The highest BCUT2D eigenvalue weighted by molar-refractivity contribution is 5.86. The van der Waals surface area contributed by atoms with Crippen LogP contribution >= 0.6 is 0 Å². The highest BCUT2D eigenvalue weighted by Gasteiger charge is 2.15. The predicted molar refractivity (Wildman–Crippen MR) is 56.7 cm³/mol. The molecule has 0 radical (unpaired) electrons. The number of esters is 1. The van der Waals surface area contributed by atoms with Crippen molar-refractivity contribution in [2.45, 2.75) is 26.9 Å². The Morgan fingerprint density at radius 1 is 1.44 bits per heavy atom. The van der Waals surface area contributed by atoms with Crippen LogP contribution in [-0.4, -0.2) is 41.5 Å². The fraction of sp³-hybridized carbons (Fsp3) is 0.600. The van der Waals surface area contributed by atoms with Crippen LogP contribution in [0.4, 0.5) is 4.79 Å². The van der Waals surface area contributed by atoms with Gasteiger partial charge in [-0.3, -0.25) is 4.84 Å². The zero-order valence-electron chi connectivity index (χ0n) is 9.73. The van der Waals surface area contributed by atoms with Crippen LogP contribution in [0.15, 0.2) is 12.2 Å². The van der Waals surface area contributed by atoms with Crippen LogP contribution in [-0.2, 0) is 14.4 Å². The monoisotopic (exact) mass is 231 g/mol. The van der Waals surface area contributed by atoms with Gasteiger partial charge in [0.1, 0.15) is 6.61 Å². The highest BCUT2D eigenvalue weighted by atomic mass is 16.7. The fourth-order valence-electron chi connectivity index (χ4n) is 0.792. The smallest absolute Gasteiger partial charge is 0.431 e. The molecule has 0 rings (SSSR count). The number of ether oxygens (including phenoxy) is 1. The van der Waals surface area contributed by atoms with Crippen molar-refractivity contribution in [2.24, 2.45) is 0 Å². The van der Waals surface area contributed by atoms with Crippen molar-refractivity contribution in [3.63, 3.8) is 0 Å². The second kappa shape index (κ2) is 6.84. The van der Waals surface area contributed by atoms with Crippen molar-refractivity contribution in [1.29, 1.82) is 0 Å². The zero-order chi connectivity index (χ0) is 12.7. The molecule has 1 amide bonds. The van der Waals surface area contributed by atoms with Crippen molar-refractivity contribution in [2.75, 3.05) is 13.2 Å². The molecule has 0 aliphatic carbocycles. The third-order valence-corrected chi connectivity index (χ3v) is 1.43. The van der Waals surface area contributed by atoms with Gasteiger partial charge in [-0.1, -0.05) is 6.58 Å². The normalized spacial score (nSPS) is 10.0. The van der Waals surface area contributed by atoms with E-state index in [0.717, 1.165) is 5.06 Å². The summed E-state index contributed by atoms with van der Waals surface area (Å²) < 4.78 is 4.74. The molecule has 0 bridgehead atoms. The quantitative estimate of drug-likeness (QED) is 0.425. The van der Waals surface area contributed by atoms with Crippen molar-refractivity contribution >= 4 is 12.1 Å². The van der Waals surface area contributed by atoms with E-state index in [2.05, 4.69) is 6.58 Å². The van der Waals surface area contributed by atoms with Gasteiger partial charge in [-0.05, 0) is 20.8 Å². The Morgan fingerprint density at radius 2 is 2.00 bits per heavy atom. The molecule has 0 aliphatic rings. The molecule has 0 atom stereocenters. The van der Waals surface area contributed by atoms with Crippen LogP contribution in [0.1, 0.15) is 20.8 Å². The third-order valence-electron chi connectivity index (χ3n) is 1.43. The molecule has 0 aromatic rings. The van der Waals surface area contributed by atoms with Crippen LogP contribution in [0.25, 0.3) is 0 Å². The summed E-state index contributed by atoms with van der Waals surface area (Å²) in [5.74, 6) is -0.546. The summed E-state index contributed by atoms with van der Waals surface area (Å²) >= 11 is 0. The fourth-order valence-corrected chi connectivity index (χ4v) is 0.792. The molecule has 0 aliphatic heterocycles. The second-order valence-electron chi connectivity index (χ2n) is 3.46. The van der Waals surface area contributed by atoms with Crippen LogP contribution in [0.2, 0.25) is 0 Å². The number of nitrogens with zero attached hydrogens (tertiary/aromatic N) is 1. The van der Waals surface area contributed by atoms with Crippen LogP contribution in [0.5, 0.6) is 0 Å². The topological polar surface area (TPSA) is 76.1 Å². The Hall–Kier alpha value is -1.56. The minimum atomic E-state index is -1.22. The van der Waals surface area contributed by atoms with Gasteiger partial charge in [0.05, 0.1) is 12.6 Å². The summed E-state index contributed by atoms with van der Waals surface area (Å²) in [6.07, 6.45) is -1.48. The van der Waals surface area contributed by atoms with Crippen LogP contribution < -0.4 is 0 Å².